The molecule has 1 N–H and O–H groups in total. The van der Waals surface area contributed by atoms with Crippen LogP contribution < -0.4 is 0 Å². The van der Waals surface area contributed by atoms with E-state index in [9.17, 15) is 5.11 Å². The third-order valence-corrected chi connectivity index (χ3v) is 4.43. The molecule has 0 saturated heterocycles. The maximum Gasteiger partial charge on any atom is 0.0767 e. The van der Waals surface area contributed by atoms with Crippen molar-refractivity contribution in [3.63, 3.8) is 0 Å². The summed E-state index contributed by atoms with van der Waals surface area (Å²) in [5, 5.41) is 11.6. The van der Waals surface area contributed by atoms with Crippen molar-refractivity contribution >= 4 is 31.9 Å². The highest BCUT2D eigenvalue weighted by atomic mass is 79.9. The Morgan fingerprint density at radius 2 is 1.31 bits per heavy atom. The van der Waals surface area contributed by atoms with Gasteiger partial charge in [0.15, 0.2) is 0 Å². The van der Waals surface area contributed by atoms with Gasteiger partial charge in [-0.3, -0.25) is 0 Å². The van der Waals surface area contributed by atoms with Gasteiger partial charge in [-0.1, -0.05) is 31.9 Å². The van der Waals surface area contributed by atoms with Crippen molar-refractivity contribution in [3.8, 4) is 0 Å². The molecule has 0 saturated carbocycles. The third-order valence-electron chi connectivity index (χ3n) is 3.30. The van der Waals surface area contributed by atoms with Crippen molar-refractivity contribution in [2.75, 3.05) is 0 Å². The Hall–Kier alpha value is 0.140. The highest BCUT2D eigenvalue weighted by molar-refractivity contribution is 9.08. The van der Waals surface area contributed by atoms with Crippen LogP contribution in [0.3, 0.4) is 0 Å². The SMILES string of the molecule is Cc1c(CBr)c(C)c(C(C)O)c(C)c1CBr. The summed E-state index contributed by atoms with van der Waals surface area (Å²) >= 11 is 7.07. The van der Waals surface area contributed by atoms with Crippen molar-refractivity contribution in [1.29, 1.82) is 0 Å². The van der Waals surface area contributed by atoms with Crippen LogP contribution in [-0.4, -0.2) is 5.11 Å². The third kappa shape index (κ3) is 2.36. The summed E-state index contributed by atoms with van der Waals surface area (Å²) in [6.45, 7) is 8.17. The van der Waals surface area contributed by atoms with Crippen LogP contribution in [0.25, 0.3) is 0 Å². The van der Waals surface area contributed by atoms with E-state index in [4.69, 9.17) is 0 Å². The Bertz CT molecular complexity index is 366. The second-order valence-corrected chi connectivity index (χ2v) is 5.31. The van der Waals surface area contributed by atoms with E-state index in [0.29, 0.717) is 0 Å². The Morgan fingerprint density at radius 3 is 1.56 bits per heavy atom. The average molecular weight is 350 g/mol. The Balaban J connectivity index is 3.63. The van der Waals surface area contributed by atoms with E-state index >= 15 is 0 Å². The molecule has 0 radical (unpaired) electrons. The lowest BCUT2D eigenvalue weighted by molar-refractivity contribution is 0.197. The summed E-state index contributed by atoms with van der Waals surface area (Å²) in [4.78, 5) is 0. The van der Waals surface area contributed by atoms with Crippen LogP contribution in [0.15, 0.2) is 0 Å². The van der Waals surface area contributed by atoms with Crippen LogP contribution in [-0.2, 0) is 10.7 Å². The van der Waals surface area contributed by atoms with E-state index in [2.05, 4.69) is 52.6 Å². The zero-order chi connectivity index (χ0) is 12.5. The first-order chi connectivity index (χ1) is 7.45. The molecule has 1 aromatic rings. The molecule has 0 heterocycles. The quantitative estimate of drug-likeness (QED) is 0.799. The van der Waals surface area contributed by atoms with E-state index in [1.807, 2.05) is 6.92 Å². The van der Waals surface area contributed by atoms with Gasteiger partial charge in [0, 0.05) is 10.7 Å². The molecule has 1 aromatic carbocycles. The molecular formula is C13H18Br2O. The predicted molar refractivity (Wildman–Crippen MR) is 76.5 cm³/mol. The molecule has 0 aromatic heterocycles. The first-order valence-corrected chi connectivity index (χ1v) is 7.61. The van der Waals surface area contributed by atoms with Gasteiger partial charge < -0.3 is 5.11 Å². The normalized spacial score (nSPS) is 12.9. The van der Waals surface area contributed by atoms with Gasteiger partial charge in [0.1, 0.15) is 0 Å². The number of aliphatic hydroxyl groups is 1. The molecule has 0 aliphatic heterocycles. The van der Waals surface area contributed by atoms with Crippen molar-refractivity contribution in [3.05, 3.63) is 33.4 Å². The Kier molecular flexibility index (Phi) is 5.02. The minimum absolute atomic E-state index is 0.406. The topological polar surface area (TPSA) is 20.2 Å². The molecule has 16 heavy (non-hydrogen) atoms. The lowest BCUT2D eigenvalue weighted by atomic mass is 9.87. The summed E-state index contributed by atoms with van der Waals surface area (Å²) in [5.41, 5.74) is 7.44. The fourth-order valence-electron chi connectivity index (χ4n) is 2.38. The average Bonchev–Trinajstić information content (AvgIpc) is 2.18. The molecule has 90 valence electrons. The number of halogens is 2. The molecule has 0 amide bonds. The lowest BCUT2D eigenvalue weighted by Gasteiger charge is -2.22. The second kappa shape index (κ2) is 5.65. The highest BCUT2D eigenvalue weighted by Crippen LogP contribution is 2.33. The van der Waals surface area contributed by atoms with Crippen LogP contribution in [0.1, 0.15) is 46.4 Å². The zero-order valence-corrected chi connectivity index (χ0v) is 13.4. The number of rotatable bonds is 3. The van der Waals surface area contributed by atoms with E-state index in [-0.39, 0.29) is 0 Å². The van der Waals surface area contributed by atoms with E-state index in [1.54, 1.807) is 0 Å². The molecular weight excluding hydrogens is 332 g/mol. The minimum Gasteiger partial charge on any atom is -0.389 e. The molecule has 1 unspecified atom stereocenters. The van der Waals surface area contributed by atoms with Gasteiger partial charge in [-0.05, 0) is 61.1 Å². The molecule has 3 heteroatoms. The maximum absolute atomic E-state index is 9.89. The Morgan fingerprint density at radius 1 is 0.938 bits per heavy atom. The minimum atomic E-state index is -0.406. The van der Waals surface area contributed by atoms with Gasteiger partial charge in [-0.2, -0.15) is 0 Å². The summed E-state index contributed by atoms with van der Waals surface area (Å²) in [6, 6.07) is 0. The molecule has 1 rings (SSSR count). The summed E-state index contributed by atoms with van der Waals surface area (Å²) < 4.78 is 0. The lowest BCUT2D eigenvalue weighted by Crippen LogP contribution is -2.08. The molecule has 1 nitrogen and oxygen atoms in total. The molecule has 0 bridgehead atoms. The number of alkyl halides is 2. The van der Waals surface area contributed by atoms with Crippen LogP contribution in [0, 0.1) is 20.8 Å². The van der Waals surface area contributed by atoms with Gasteiger partial charge in [0.25, 0.3) is 0 Å². The monoisotopic (exact) mass is 348 g/mol. The standard InChI is InChI=1S/C13H18Br2O/c1-7-11(5-14)8(2)13(10(4)16)9(3)12(7)6-15/h10,16H,5-6H2,1-4H3. The summed E-state index contributed by atoms with van der Waals surface area (Å²) in [5.74, 6) is 0. The van der Waals surface area contributed by atoms with Crippen molar-refractivity contribution in [2.24, 2.45) is 0 Å². The molecule has 0 fully saturated rings. The molecule has 0 spiro atoms. The smallest absolute Gasteiger partial charge is 0.0767 e. The van der Waals surface area contributed by atoms with Crippen LogP contribution in [0.2, 0.25) is 0 Å². The van der Waals surface area contributed by atoms with Crippen molar-refractivity contribution in [2.45, 2.75) is 44.5 Å². The van der Waals surface area contributed by atoms with Gasteiger partial charge in [-0.15, -0.1) is 0 Å². The van der Waals surface area contributed by atoms with Crippen molar-refractivity contribution in [1.82, 2.24) is 0 Å². The van der Waals surface area contributed by atoms with Crippen LogP contribution >= 0.6 is 31.9 Å². The van der Waals surface area contributed by atoms with Gasteiger partial charge >= 0.3 is 0 Å². The molecule has 0 aliphatic carbocycles. The van der Waals surface area contributed by atoms with Gasteiger partial charge in [0.2, 0.25) is 0 Å². The fraction of sp³-hybridized carbons (Fsp3) is 0.538. The fourth-order valence-corrected chi connectivity index (χ4v) is 4.06. The molecule has 0 aliphatic rings. The highest BCUT2D eigenvalue weighted by Gasteiger charge is 2.18. The first kappa shape index (κ1) is 14.2. The van der Waals surface area contributed by atoms with Gasteiger partial charge in [0.05, 0.1) is 6.10 Å². The number of hydrogen-bond donors (Lipinski definition) is 1. The predicted octanol–water partition coefficient (Wildman–Crippen LogP) is 4.45. The molecule has 1 atom stereocenters. The van der Waals surface area contributed by atoms with E-state index in [0.717, 1.165) is 16.2 Å². The van der Waals surface area contributed by atoms with Crippen molar-refractivity contribution < 1.29 is 5.11 Å². The van der Waals surface area contributed by atoms with Crippen LogP contribution in [0.4, 0.5) is 0 Å². The summed E-state index contributed by atoms with van der Waals surface area (Å²) in [6.07, 6.45) is -0.406. The first-order valence-electron chi connectivity index (χ1n) is 5.37. The summed E-state index contributed by atoms with van der Waals surface area (Å²) in [7, 11) is 0. The van der Waals surface area contributed by atoms with E-state index < -0.39 is 6.10 Å². The Labute approximate surface area is 115 Å². The maximum atomic E-state index is 9.89. The number of hydrogen-bond acceptors (Lipinski definition) is 1. The number of benzene rings is 1. The second-order valence-electron chi connectivity index (χ2n) is 4.19. The van der Waals surface area contributed by atoms with E-state index in [1.165, 1.54) is 27.8 Å². The van der Waals surface area contributed by atoms with Gasteiger partial charge in [-0.25, -0.2) is 0 Å². The van der Waals surface area contributed by atoms with Crippen LogP contribution in [0.5, 0.6) is 0 Å². The zero-order valence-electron chi connectivity index (χ0n) is 10.2. The number of aliphatic hydroxyl groups excluding tert-OH is 1. The largest absolute Gasteiger partial charge is 0.389 e.